The molecule has 0 spiro atoms. The van der Waals surface area contributed by atoms with Crippen LogP contribution in [-0.4, -0.2) is 50.6 Å². The van der Waals surface area contributed by atoms with Gasteiger partial charge in [-0.15, -0.1) is 0 Å². The van der Waals surface area contributed by atoms with Crippen molar-refractivity contribution < 1.29 is 17.9 Å². The number of anilines is 1. The van der Waals surface area contributed by atoms with Gasteiger partial charge in [-0.3, -0.25) is 4.79 Å². The van der Waals surface area contributed by atoms with Crippen LogP contribution in [0.15, 0.2) is 17.3 Å². The molecule has 1 amide bonds. The van der Waals surface area contributed by atoms with E-state index in [9.17, 15) is 13.2 Å². The molecule has 9 nitrogen and oxygen atoms in total. The zero-order valence-electron chi connectivity index (χ0n) is 11.7. The molecule has 1 rings (SSSR count). The zero-order valence-corrected chi connectivity index (χ0v) is 12.5. The molecular formula is C11H19N5O4S. The Morgan fingerprint density at radius 3 is 2.57 bits per heavy atom. The van der Waals surface area contributed by atoms with E-state index in [-0.39, 0.29) is 24.7 Å². The molecule has 0 unspecified atom stereocenters. The number of amides is 1. The minimum atomic E-state index is -3.70. The third kappa shape index (κ3) is 6.47. The molecule has 0 aliphatic heterocycles. The highest BCUT2D eigenvalue weighted by atomic mass is 32.2. The van der Waals surface area contributed by atoms with Gasteiger partial charge in [0.25, 0.3) is 0 Å². The van der Waals surface area contributed by atoms with Gasteiger partial charge < -0.3 is 15.8 Å². The number of carbonyl (C=O) groups excluding carboxylic acids is 1. The highest BCUT2D eigenvalue weighted by Gasteiger charge is 2.14. The lowest BCUT2D eigenvalue weighted by Gasteiger charge is -2.07. The first-order chi connectivity index (χ1) is 9.95. The maximum absolute atomic E-state index is 11.9. The van der Waals surface area contributed by atoms with Crippen LogP contribution < -0.4 is 15.8 Å². The van der Waals surface area contributed by atoms with Crippen LogP contribution in [0.25, 0.3) is 0 Å². The van der Waals surface area contributed by atoms with E-state index in [1.165, 1.54) is 12.4 Å². The average Bonchev–Trinajstić information content (AvgIpc) is 2.44. The average molecular weight is 317 g/mol. The molecule has 0 aliphatic carbocycles. The Balaban J connectivity index is 2.48. The van der Waals surface area contributed by atoms with E-state index in [0.29, 0.717) is 12.5 Å². The smallest absolute Gasteiger partial charge is 0.243 e. The van der Waals surface area contributed by atoms with Crippen molar-refractivity contribution in [1.82, 2.24) is 14.7 Å². The van der Waals surface area contributed by atoms with Crippen LogP contribution in [0.4, 0.5) is 5.95 Å². The minimum absolute atomic E-state index is 0.0193. The minimum Gasteiger partial charge on any atom is -0.370 e. The summed E-state index contributed by atoms with van der Waals surface area (Å²) in [5, 5.41) is 2.94. The molecule has 1 aromatic heterocycles. The number of hydrogen-bond donors (Lipinski definition) is 3. The topological polar surface area (TPSA) is 136 Å². The number of nitrogens with zero attached hydrogens (tertiary/aromatic N) is 2. The van der Waals surface area contributed by atoms with Gasteiger partial charge >= 0.3 is 0 Å². The monoisotopic (exact) mass is 317 g/mol. The van der Waals surface area contributed by atoms with Crippen molar-refractivity contribution in [2.24, 2.45) is 5.73 Å². The van der Waals surface area contributed by atoms with Crippen molar-refractivity contribution in [1.29, 1.82) is 0 Å². The molecular weight excluding hydrogens is 298 g/mol. The van der Waals surface area contributed by atoms with Crippen LogP contribution in [0.2, 0.25) is 0 Å². The van der Waals surface area contributed by atoms with Gasteiger partial charge in [0.2, 0.25) is 21.9 Å². The van der Waals surface area contributed by atoms with E-state index in [0.717, 1.165) is 6.42 Å². The van der Waals surface area contributed by atoms with Crippen molar-refractivity contribution in [3.8, 4) is 0 Å². The first-order valence-electron chi connectivity index (χ1n) is 6.37. The first kappa shape index (κ1) is 17.3. The molecule has 4 N–H and O–H groups in total. The zero-order chi connectivity index (χ0) is 15.7. The van der Waals surface area contributed by atoms with Gasteiger partial charge in [0.05, 0.1) is 19.0 Å². The van der Waals surface area contributed by atoms with E-state index in [1.807, 2.05) is 6.92 Å². The number of carbonyl (C=O) groups is 1. The summed E-state index contributed by atoms with van der Waals surface area (Å²) < 4.78 is 30.9. The number of ether oxygens (including phenoxy) is 1. The molecule has 0 aromatic carbocycles. The molecule has 0 atom stereocenters. The maximum Gasteiger partial charge on any atom is 0.243 e. The van der Waals surface area contributed by atoms with Crippen LogP contribution in [0.3, 0.4) is 0 Å². The molecule has 0 saturated carbocycles. The lowest BCUT2D eigenvalue weighted by Crippen LogP contribution is -2.29. The Bertz CT molecular complexity index is 546. The number of aromatic nitrogens is 2. The van der Waals surface area contributed by atoms with Crippen molar-refractivity contribution in [3.63, 3.8) is 0 Å². The molecule has 21 heavy (non-hydrogen) atoms. The SMILES string of the molecule is CCCNc1ncc(S(=O)(=O)NCCOCC(N)=O)cn1. The molecule has 10 heteroatoms. The molecule has 1 aromatic rings. The van der Waals surface area contributed by atoms with E-state index >= 15 is 0 Å². The van der Waals surface area contributed by atoms with Crippen molar-refractivity contribution in [2.75, 3.05) is 31.6 Å². The van der Waals surface area contributed by atoms with Crippen molar-refractivity contribution in [2.45, 2.75) is 18.2 Å². The second-order valence-corrected chi connectivity index (χ2v) is 5.85. The van der Waals surface area contributed by atoms with E-state index in [4.69, 9.17) is 10.5 Å². The van der Waals surface area contributed by atoms with E-state index in [2.05, 4.69) is 20.0 Å². The van der Waals surface area contributed by atoms with Crippen molar-refractivity contribution >= 4 is 21.9 Å². The second-order valence-electron chi connectivity index (χ2n) is 4.09. The standard InChI is InChI=1S/C11H19N5O4S/c1-2-3-13-11-14-6-9(7-15-11)21(18,19)16-4-5-20-8-10(12)17/h6-7,16H,2-5,8H2,1H3,(H2,12,17)(H,13,14,15). The van der Waals surface area contributed by atoms with Crippen LogP contribution in [-0.2, 0) is 19.6 Å². The van der Waals surface area contributed by atoms with Gasteiger partial charge in [-0.25, -0.2) is 23.1 Å². The Morgan fingerprint density at radius 2 is 2.00 bits per heavy atom. The summed E-state index contributed by atoms with van der Waals surface area (Å²) in [5.74, 6) is -0.234. The fourth-order valence-electron chi connectivity index (χ4n) is 1.29. The largest absolute Gasteiger partial charge is 0.370 e. The quantitative estimate of drug-likeness (QED) is 0.475. The Labute approximate surface area is 123 Å². The summed E-state index contributed by atoms with van der Waals surface area (Å²) in [6.07, 6.45) is 3.35. The van der Waals surface area contributed by atoms with Crippen LogP contribution in [0.5, 0.6) is 0 Å². The summed E-state index contributed by atoms with van der Waals surface area (Å²) in [7, 11) is -3.70. The molecule has 0 saturated heterocycles. The molecule has 1 heterocycles. The predicted molar refractivity (Wildman–Crippen MR) is 76.0 cm³/mol. The van der Waals surface area contributed by atoms with Gasteiger partial charge in [-0.05, 0) is 6.42 Å². The molecule has 0 radical (unpaired) electrons. The van der Waals surface area contributed by atoms with Crippen LogP contribution in [0.1, 0.15) is 13.3 Å². The third-order valence-corrected chi connectivity index (χ3v) is 3.67. The van der Waals surface area contributed by atoms with Gasteiger partial charge in [0.15, 0.2) is 0 Å². The van der Waals surface area contributed by atoms with Gasteiger partial charge in [0.1, 0.15) is 11.5 Å². The summed E-state index contributed by atoms with van der Waals surface area (Å²) in [6.45, 7) is 2.52. The molecule has 0 fully saturated rings. The summed E-state index contributed by atoms with van der Waals surface area (Å²) in [5.41, 5.74) is 4.88. The summed E-state index contributed by atoms with van der Waals surface area (Å²) >= 11 is 0. The third-order valence-electron chi connectivity index (χ3n) is 2.25. The van der Waals surface area contributed by atoms with Gasteiger partial charge in [0, 0.05) is 13.1 Å². The highest BCUT2D eigenvalue weighted by molar-refractivity contribution is 7.89. The summed E-state index contributed by atoms with van der Waals surface area (Å²) in [6, 6.07) is 0. The van der Waals surface area contributed by atoms with Gasteiger partial charge in [-0.1, -0.05) is 6.92 Å². The number of hydrogen-bond acceptors (Lipinski definition) is 7. The predicted octanol–water partition coefficient (Wildman–Crippen LogP) is -0.921. The Hall–Kier alpha value is -1.78. The van der Waals surface area contributed by atoms with Crippen LogP contribution >= 0.6 is 0 Å². The normalized spacial score (nSPS) is 11.3. The number of nitrogens with one attached hydrogen (secondary N) is 2. The fourth-order valence-corrected chi connectivity index (χ4v) is 2.19. The fraction of sp³-hybridized carbons (Fsp3) is 0.545. The highest BCUT2D eigenvalue weighted by Crippen LogP contribution is 2.07. The number of nitrogens with two attached hydrogens (primary N) is 1. The Kier molecular flexibility index (Phi) is 6.99. The van der Waals surface area contributed by atoms with Gasteiger partial charge in [-0.2, -0.15) is 0 Å². The number of primary amides is 1. The Morgan fingerprint density at radius 1 is 1.33 bits per heavy atom. The van der Waals surface area contributed by atoms with Crippen LogP contribution in [0, 0.1) is 0 Å². The molecule has 118 valence electrons. The first-order valence-corrected chi connectivity index (χ1v) is 7.85. The van der Waals surface area contributed by atoms with Crippen molar-refractivity contribution in [3.05, 3.63) is 12.4 Å². The van der Waals surface area contributed by atoms with E-state index in [1.54, 1.807) is 0 Å². The molecule has 0 aliphatic rings. The number of rotatable bonds is 10. The molecule has 0 bridgehead atoms. The number of sulfonamides is 1. The maximum atomic E-state index is 11.9. The lowest BCUT2D eigenvalue weighted by atomic mass is 10.5. The van der Waals surface area contributed by atoms with E-state index < -0.39 is 15.9 Å². The second kappa shape index (κ2) is 8.49. The summed E-state index contributed by atoms with van der Waals surface area (Å²) in [4.78, 5) is 18.2. The lowest BCUT2D eigenvalue weighted by molar-refractivity contribution is -0.122.